The second-order valence-corrected chi connectivity index (χ2v) is 4.43. The van der Waals surface area contributed by atoms with Crippen molar-refractivity contribution in [2.75, 3.05) is 7.11 Å². The van der Waals surface area contributed by atoms with E-state index in [0.717, 1.165) is 0 Å². The van der Waals surface area contributed by atoms with Gasteiger partial charge in [-0.25, -0.2) is 0 Å². The average Bonchev–Trinajstić information content (AvgIpc) is 2.15. The molecule has 0 spiro atoms. The summed E-state index contributed by atoms with van der Waals surface area (Å²) in [5.41, 5.74) is 0. The van der Waals surface area contributed by atoms with E-state index in [9.17, 15) is 9.59 Å². The van der Waals surface area contributed by atoms with E-state index in [1.54, 1.807) is 14.0 Å². The van der Waals surface area contributed by atoms with Crippen LogP contribution in [-0.4, -0.2) is 31.1 Å². The van der Waals surface area contributed by atoms with Gasteiger partial charge in [0.25, 0.3) is 0 Å². The largest absolute Gasteiger partial charge is 0.462 e. The number of ketones is 1. The van der Waals surface area contributed by atoms with Crippen molar-refractivity contribution in [2.45, 2.75) is 52.7 Å². The van der Waals surface area contributed by atoms with Gasteiger partial charge in [-0.15, -0.1) is 0 Å². The summed E-state index contributed by atoms with van der Waals surface area (Å²) in [4.78, 5) is 22.5. The van der Waals surface area contributed by atoms with E-state index < -0.39 is 0 Å². The number of Topliss-reactive ketones (excluding diaryl/α,β-unsaturated/α-hetero) is 1. The predicted octanol–water partition coefficient (Wildman–Crippen LogP) is 1.96. The van der Waals surface area contributed by atoms with Gasteiger partial charge in [-0.2, -0.15) is 0 Å². The molecule has 4 nitrogen and oxygen atoms in total. The van der Waals surface area contributed by atoms with Crippen molar-refractivity contribution in [3.63, 3.8) is 0 Å². The molecule has 0 bridgehead atoms. The van der Waals surface area contributed by atoms with Crippen LogP contribution in [0.25, 0.3) is 0 Å². The molecule has 0 aromatic carbocycles. The first-order chi connectivity index (χ1) is 7.36. The number of hydrogen-bond donors (Lipinski definition) is 0. The number of carbonyl (C=O) groups is 2. The molecule has 94 valence electrons. The highest BCUT2D eigenvalue weighted by Gasteiger charge is 2.21. The molecule has 0 aromatic heterocycles. The topological polar surface area (TPSA) is 52.6 Å². The molecule has 2 unspecified atom stereocenters. The van der Waals surface area contributed by atoms with Crippen molar-refractivity contribution in [1.82, 2.24) is 0 Å². The third kappa shape index (κ3) is 6.56. The number of ether oxygens (including phenoxy) is 2. The Morgan fingerprint density at radius 1 is 1.12 bits per heavy atom. The van der Waals surface area contributed by atoms with Crippen LogP contribution < -0.4 is 0 Å². The normalized spacial score (nSPS) is 14.6. The minimum atomic E-state index is -0.325. The summed E-state index contributed by atoms with van der Waals surface area (Å²) in [5, 5.41) is 0. The maximum absolute atomic E-state index is 11.5. The zero-order chi connectivity index (χ0) is 12.7. The van der Waals surface area contributed by atoms with Crippen molar-refractivity contribution in [2.24, 2.45) is 5.92 Å². The number of carbonyl (C=O) groups excluding carboxylic acids is 2. The Hall–Kier alpha value is -0.900. The highest BCUT2D eigenvalue weighted by atomic mass is 16.5. The fourth-order valence-electron chi connectivity index (χ4n) is 1.23. The van der Waals surface area contributed by atoms with E-state index in [0.29, 0.717) is 0 Å². The molecule has 0 amide bonds. The highest BCUT2D eigenvalue weighted by molar-refractivity contribution is 5.77. The molecule has 0 aromatic rings. The minimum absolute atomic E-state index is 0.0336. The molecule has 0 aliphatic heterocycles. The van der Waals surface area contributed by atoms with Crippen LogP contribution in [-0.2, 0) is 19.1 Å². The lowest BCUT2D eigenvalue weighted by Gasteiger charge is -2.21. The van der Waals surface area contributed by atoms with Crippen molar-refractivity contribution in [3.05, 3.63) is 0 Å². The second-order valence-electron chi connectivity index (χ2n) is 4.43. The van der Waals surface area contributed by atoms with Gasteiger partial charge in [-0.05, 0) is 19.8 Å². The van der Waals surface area contributed by atoms with Crippen LogP contribution in [0.15, 0.2) is 0 Å². The molecule has 0 aliphatic carbocycles. The summed E-state index contributed by atoms with van der Waals surface area (Å²) in [5.74, 6) is -0.133. The Balaban J connectivity index is 4.18. The first kappa shape index (κ1) is 15.1. The van der Waals surface area contributed by atoms with Gasteiger partial charge >= 0.3 is 5.97 Å². The molecule has 0 heterocycles. The van der Waals surface area contributed by atoms with Gasteiger partial charge in [-0.3, -0.25) is 9.59 Å². The van der Waals surface area contributed by atoms with Gasteiger partial charge in [0.15, 0.2) is 0 Å². The number of hydrogen-bond acceptors (Lipinski definition) is 4. The molecule has 2 atom stereocenters. The van der Waals surface area contributed by atoms with Gasteiger partial charge in [0.2, 0.25) is 0 Å². The zero-order valence-electron chi connectivity index (χ0n) is 10.8. The minimum Gasteiger partial charge on any atom is -0.462 e. The standard InChI is InChI=1S/C12H22O4/c1-8(2)11(6-9(3)13)16-12(14)7-10(4)15-5/h8,10-11H,6-7H2,1-5H3. The van der Waals surface area contributed by atoms with Crippen LogP contribution in [0.4, 0.5) is 0 Å². The molecule has 0 aliphatic rings. The van der Waals surface area contributed by atoms with E-state index in [4.69, 9.17) is 9.47 Å². The number of esters is 1. The average molecular weight is 230 g/mol. The van der Waals surface area contributed by atoms with Gasteiger partial charge in [0.1, 0.15) is 11.9 Å². The Morgan fingerprint density at radius 2 is 1.69 bits per heavy atom. The smallest absolute Gasteiger partial charge is 0.308 e. The monoisotopic (exact) mass is 230 g/mol. The summed E-state index contributed by atoms with van der Waals surface area (Å²) in [6, 6.07) is 0. The van der Waals surface area contributed by atoms with Gasteiger partial charge in [0.05, 0.1) is 12.5 Å². The molecule has 0 saturated heterocycles. The third-order valence-electron chi connectivity index (χ3n) is 2.37. The lowest BCUT2D eigenvalue weighted by atomic mass is 10.0. The van der Waals surface area contributed by atoms with Crippen LogP contribution in [0, 0.1) is 5.92 Å². The Labute approximate surface area is 97.3 Å². The molecular weight excluding hydrogens is 208 g/mol. The molecule has 0 saturated carbocycles. The molecule has 16 heavy (non-hydrogen) atoms. The Bertz CT molecular complexity index is 235. The highest BCUT2D eigenvalue weighted by Crippen LogP contribution is 2.13. The van der Waals surface area contributed by atoms with Gasteiger partial charge in [-0.1, -0.05) is 13.8 Å². The predicted molar refractivity (Wildman–Crippen MR) is 61.1 cm³/mol. The van der Waals surface area contributed by atoms with Crippen molar-refractivity contribution in [1.29, 1.82) is 0 Å². The van der Waals surface area contributed by atoms with E-state index in [2.05, 4.69) is 0 Å². The van der Waals surface area contributed by atoms with Crippen molar-refractivity contribution >= 4 is 11.8 Å². The van der Waals surface area contributed by atoms with Crippen LogP contribution in [0.1, 0.15) is 40.5 Å². The third-order valence-corrected chi connectivity index (χ3v) is 2.37. The van der Waals surface area contributed by atoms with Crippen LogP contribution in [0.5, 0.6) is 0 Å². The first-order valence-electron chi connectivity index (χ1n) is 5.58. The zero-order valence-corrected chi connectivity index (χ0v) is 10.8. The van der Waals surface area contributed by atoms with Crippen LogP contribution in [0.3, 0.4) is 0 Å². The SMILES string of the molecule is COC(C)CC(=O)OC(CC(C)=O)C(C)C. The summed E-state index contributed by atoms with van der Waals surface area (Å²) in [7, 11) is 1.55. The Kier molecular flexibility index (Phi) is 6.97. The first-order valence-corrected chi connectivity index (χ1v) is 5.58. The lowest BCUT2D eigenvalue weighted by molar-refractivity contribution is -0.154. The number of methoxy groups -OCH3 is 1. The quantitative estimate of drug-likeness (QED) is 0.627. The molecule has 4 heteroatoms. The van der Waals surface area contributed by atoms with E-state index in [1.165, 1.54) is 6.92 Å². The molecule has 0 radical (unpaired) electrons. The van der Waals surface area contributed by atoms with Crippen LogP contribution in [0.2, 0.25) is 0 Å². The van der Waals surface area contributed by atoms with Gasteiger partial charge in [0, 0.05) is 13.5 Å². The molecule has 0 N–H and O–H groups in total. The van der Waals surface area contributed by atoms with E-state index in [-0.39, 0.29) is 42.7 Å². The maximum atomic E-state index is 11.5. The van der Waals surface area contributed by atoms with E-state index in [1.807, 2.05) is 13.8 Å². The lowest BCUT2D eigenvalue weighted by Crippen LogP contribution is -2.27. The fourth-order valence-corrected chi connectivity index (χ4v) is 1.23. The van der Waals surface area contributed by atoms with E-state index >= 15 is 0 Å². The number of rotatable bonds is 7. The van der Waals surface area contributed by atoms with Crippen LogP contribution >= 0.6 is 0 Å². The van der Waals surface area contributed by atoms with Gasteiger partial charge < -0.3 is 9.47 Å². The summed E-state index contributed by atoms with van der Waals surface area (Å²) < 4.78 is 10.2. The second kappa shape index (κ2) is 7.39. The molecular formula is C12H22O4. The maximum Gasteiger partial charge on any atom is 0.308 e. The van der Waals surface area contributed by atoms with Crippen molar-refractivity contribution in [3.8, 4) is 0 Å². The summed E-state index contributed by atoms with van der Waals surface area (Å²) in [6.07, 6.45) is 0.0225. The molecule has 0 fully saturated rings. The Morgan fingerprint density at radius 3 is 2.06 bits per heavy atom. The molecule has 0 rings (SSSR count). The summed E-state index contributed by atoms with van der Waals surface area (Å²) in [6.45, 7) is 7.17. The summed E-state index contributed by atoms with van der Waals surface area (Å²) >= 11 is 0. The van der Waals surface area contributed by atoms with Crippen molar-refractivity contribution < 1.29 is 19.1 Å². The fraction of sp³-hybridized carbons (Fsp3) is 0.833.